The van der Waals surface area contributed by atoms with Gasteiger partial charge < -0.3 is 19.1 Å². The van der Waals surface area contributed by atoms with Gasteiger partial charge in [0.1, 0.15) is 5.52 Å². The number of hydrogen-bond acceptors (Lipinski definition) is 7. The van der Waals surface area contributed by atoms with Crippen molar-refractivity contribution in [2.24, 2.45) is 0 Å². The molecule has 8 nitrogen and oxygen atoms in total. The van der Waals surface area contributed by atoms with Gasteiger partial charge in [0.05, 0.1) is 38.2 Å². The summed E-state index contributed by atoms with van der Waals surface area (Å²) in [6.07, 6.45) is 0. The molecule has 0 saturated heterocycles. The number of thioether (sulfide) groups is 1. The third kappa shape index (κ3) is 4.78. The van der Waals surface area contributed by atoms with Crippen molar-refractivity contribution < 1.29 is 19.0 Å². The molecule has 0 aliphatic carbocycles. The van der Waals surface area contributed by atoms with Gasteiger partial charge in [-0.3, -0.25) is 14.2 Å². The molecule has 0 spiro atoms. The van der Waals surface area contributed by atoms with Gasteiger partial charge in [-0.15, -0.1) is 0 Å². The molecule has 0 radical (unpaired) electrons. The minimum absolute atomic E-state index is 0.0194. The van der Waals surface area contributed by atoms with E-state index in [0.717, 1.165) is 5.56 Å². The summed E-state index contributed by atoms with van der Waals surface area (Å²) in [5.41, 5.74) is 1.79. The van der Waals surface area contributed by atoms with E-state index in [0.29, 0.717) is 52.1 Å². The van der Waals surface area contributed by atoms with Gasteiger partial charge in [0, 0.05) is 13.1 Å². The second kappa shape index (κ2) is 10.6. The lowest BCUT2D eigenvalue weighted by Gasteiger charge is -2.20. The van der Waals surface area contributed by atoms with Crippen LogP contribution in [0.25, 0.3) is 16.6 Å². The lowest BCUT2D eigenvalue weighted by molar-refractivity contribution is -0.127. The maximum atomic E-state index is 13.7. The summed E-state index contributed by atoms with van der Waals surface area (Å²) in [7, 11) is 4.48. The zero-order chi connectivity index (χ0) is 24.1. The Kier molecular flexibility index (Phi) is 7.86. The van der Waals surface area contributed by atoms with Crippen LogP contribution >= 0.6 is 11.8 Å². The maximum absolute atomic E-state index is 13.7. The molecule has 0 aliphatic heterocycles. The average molecular weight is 472 g/mol. The average Bonchev–Trinajstić information content (AvgIpc) is 2.83. The minimum Gasteiger partial charge on any atom is -0.493 e. The number of benzene rings is 2. The van der Waals surface area contributed by atoms with E-state index in [1.807, 2.05) is 45.0 Å². The Balaban J connectivity index is 2.27. The summed E-state index contributed by atoms with van der Waals surface area (Å²) in [6.45, 7) is 7.10. The van der Waals surface area contributed by atoms with Gasteiger partial charge in [0.2, 0.25) is 11.7 Å². The number of carbonyl (C=O) groups excluding carboxylic acids is 1. The first kappa shape index (κ1) is 24.4. The molecule has 2 aromatic carbocycles. The summed E-state index contributed by atoms with van der Waals surface area (Å²) < 4.78 is 18.0. The van der Waals surface area contributed by atoms with Gasteiger partial charge >= 0.3 is 0 Å². The Morgan fingerprint density at radius 3 is 2.21 bits per heavy atom. The Bertz CT molecular complexity index is 1200. The number of rotatable bonds is 9. The topological polar surface area (TPSA) is 82.9 Å². The second-order valence-electron chi connectivity index (χ2n) is 7.27. The summed E-state index contributed by atoms with van der Waals surface area (Å²) in [4.78, 5) is 32.9. The van der Waals surface area contributed by atoms with Gasteiger partial charge in [-0.05, 0) is 39.0 Å². The quantitative estimate of drug-likeness (QED) is 0.348. The SMILES string of the molecule is CCN(CC)C(=O)CSc1nc2c(OC)c(OC)c(OC)cc2c(=O)n1-c1ccc(C)cc1. The van der Waals surface area contributed by atoms with Gasteiger partial charge in [-0.1, -0.05) is 29.5 Å². The molecule has 1 heterocycles. The van der Waals surface area contributed by atoms with Gasteiger partial charge in [-0.2, -0.15) is 0 Å². The number of aromatic nitrogens is 2. The van der Waals surface area contributed by atoms with Crippen LogP contribution < -0.4 is 19.8 Å². The van der Waals surface area contributed by atoms with Crippen molar-refractivity contribution in [3.63, 3.8) is 0 Å². The highest BCUT2D eigenvalue weighted by atomic mass is 32.2. The highest BCUT2D eigenvalue weighted by Gasteiger charge is 2.23. The van der Waals surface area contributed by atoms with Crippen LogP contribution in [0.5, 0.6) is 17.2 Å². The predicted octanol–water partition coefficient (Wildman–Crippen LogP) is 3.68. The molecule has 0 saturated carbocycles. The van der Waals surface area contributed by atoms with E-state index in [9.17, 15) is 9.59 Å². The van der Waals surface area contributed by atoms with Crippen molar-refractivity contribution in [2.75, 3.05) is 40.2 Å². The maximum Gasteiger partial charge on any atom is 0.266 e. The van der Waals surface area contributed by atoms with Gasteiger partial charge in [0.25, 0.3) is 5.56 Å². The zero-order valence-electron chi connectivity index (χ0n) is 19.8. The molecular formula is C24H29N3O5S. The van der Waals surface area contributed by atoms with Crippen molar-refractivity contribution in [3.8, 4) is 22.9 Å². The molecule has 0 bridgehead atoms. The van der Waals surface area contributed by atoms with E-state index in [2.05, 4.69) is 0 Å². The summed E-state index contributed by atoms with van der Waals surface area (Å²) in [5.74, 6) is 1.16. The number of carbonyl (C=O) groups is 1. The highest BCUT2D eigenvalue weighted by molar-refractivity contribution is 7.99. The van der Waals surface area contributed by atoms with Crippen LogP contribution in [0.15, 0.2) is 40.3 Å². The van der Waals surface area contributed by atoms with Crippen LogP contribution in [0, 0.1) is 6.92 Å². The van der Waals surface area contributed by atoms with E-state index >= 15 is 0 Å². The van der Waals surface area contributed by atoms with Crippen molar-refractivity contribution >= 4 is 28.6 Å². The first-order valence-electron chi connectivity index (χ1n) is 10.6. The first-order valence-corrected chi connectivity index (χ1v) is 11.6. The Hall–Kier alpha value is -3.20. The number of aryl methyl sites for hydroxylation is 1. The molecule has 3 rings (SSSR count). The van der Waals surface area contributed by atoms with Crippen LogP contribution in [0.3, 0.4) is 0 Å². The van der Waals surface area contributed by atoms with E-state index in [4.69, 9.17) is 19.2 Å². The number of methoxy groups -OCH3 is 3. The number of amides is 1. The third-order valence-corrected chi connectivity index (χ3v) is 6.29. The number of fused-ring (bicyclic) bond motifs is 1. The lowest BCUT2D eigenvalue weighted by atomic mass is 10.2. The van der Waals surface area contributed by atoms with E-state index in [1.54, 1.807) is 11.0 Å². The molecule has 0 N–H and O–H groups in total. The van der Waals surface area contributed by atoms with E-state index in [1.165, 1.54) is 37.7 Å². The Morgan fingerprint density at radius 1 is 1.03 bits per heavy atom. The molecule has 3 aromatic rings. The molecular weight excluding hydrogens is 442 g/mol. The largest absolute Gasteiger partial charge is 0.493 e. The smallest absolute Gasteiger partial charge is 0.266 e. The Labute approximate surface area is 197 Å². The minimum atomic E-state index is -0.291. The van der Waals surface area contributed by atoms with Crippen LogP contribution in [-0.2, 0) is 4.79 Å². The van der Waals surface area contributed by atoms with Crippen LogP contribution in [-0.4, -0.2) is 60.5 Å². The van der Waals surface area contributed by atoms with Crippen molar-refractivity contribution in [1.82, 2.24) is 14.5 Å². The third-order valence-electron chi connectivity index (χ3n) is 5.37. The number of hydrogen-bond donors (Lipinski definition) is 0. The molecule has 1 amide bonds. The van der Waals surface area contributed by atoms with E-state index in [-0.39, 0.29) is 17.2 Å². The summed E-state index contributed by atoms with van der Waals surface area (Å²) in [6, 6.07) is 9.18. The fourth-order valence-corrected chi connectivity index (χ4v) is 4.49. The van der Waals surface area contributed by atoms with Gasteiger partial charge in [0.15, 0.2) is 16.7 Å². The fourth-order valence-electron chi connectivity index (χ4n) is 3.58. The fraction of sp³-hybridized carbons (Fsp3) is 0.375. The molecule has 1 aromatic heterocycles. The molecule has 33 heavy (non-hydrogen) atoms. The number of ether oxygens (including phenoxy) is 3. The normalized spacial score (nSPS) is 10.8. The monoisotopic (exact) mass is 471 g/mol. The molecule has 0 aliphatic rings. The zero-order valence-corrected chi connectivity index (χ0v) is 20.6. The first-order chi connectivity index (χ1) is 15.9. The predicted molar refractivity (Wildman–Crippen MR) is 130 cm³/mol. The molecule has 0 unspecified atom stereocenters. The number of nitrogens with zero attached hydrogens (tertiary/aromatic N) is 3. The molecule has 176 valence electrons. The molecule has 0 fully saturated rings. The highest BCUT2D eigenvalue weighted by Crippen LogP contribution is 2.42. The van der Waals surface area contributed by atoms with Crippen LogP contribution in [0.2, 0.25) is 0 Å². The summed E-state index contributed by atoms with van der Waals surface area (Å²) >= 11 is 1.22. The van der Waals surface area contributed by atoms with Crippen molar-refractivity contribution in [3.05, 3.63) is 46.2 Å². The Morgan fingerprint density at radius 2 is 1.67 bits per heavy atom. The van der Waals surface area contributed by atoms with Crippen LogP contribution in [0.1, 0.15) is 19.4 Å². The lowest BCUT2D eigenvalue weighted by Crippen LogP contribution is -2.32. The van der Waals surface area contributed by atoms with Crippen LogP contribution in [0.4, 0.5) is 0 Å². The van der Waals surface area contributed by atoms with Gasteiger partial charge in [-0.25, -0.2) is 4.98 Å². The van der Waals surface area contributed by atoms with Crippen molar-refractivity contribution in [2.45, 2.75) is 25.9 Å². The van der Waals surface area contributed by atoms with E-state index < -0.39 is 0 Å². The standard InChI is InChI=1S/C24H29N3O5S/c1-7-26(8-2)19(28)14-33-24-25-20-17(13-18(30-4)21(31-5)22(20)32-6)23(29)27(24)16-11-9-15(3)10-12-16/h9-13H,7-8,14H2,1-6H3. The second-order valence-corrected chi connectivity index (χ2v) is 8.21. The molecule has 9 heteroatoms. The molecule has 0 atom stereocenters. The van der Waals surface area contributed by atoms with Crippen molar-refractivity contribution in [1.29, 1.82) is 0 Å². The summed E-state index contributed by atoms with van der Waals surface area (Å²) in [5, 5.41) is 0.715.